The normalized spacial score (nSPS) is 19.2. The van der Waals surface area contributed by atoms with Gasteiger partial charge in [-0.3, -0.25) is 4.79 Å². The van der Waals surface area contributed by atoms with Gasteiger partial charge in [-0.05, 0) is 30.0 Å². The molecule has 1 aromatic heterocycles. The smallest absolute Gasteiger partial charge is 0.355 e. The number of aromatic nitrogens is 1. The Kier molecular flexibility index (Phi) is 4.29. The molecule has 2 unspecified atom stereocenters. The second kappa shape index (κ2) is 6.37. The summed E-state index contributed by atoms with van der Waals surface area (Å²) in [5.41, 5.74) is 1.12. The maximum atomic E-state index is 12.2. The fourth-order valence-corrected chi connectivity index (χ4v) is 3.22. The average molecular weight is 332 g/mol. The lowest BCUT2D eigenvalue weighted by Gasteiger charge is -2.05. The van der Waals surface area contributed by atoms with Crippen molar-refractivity contribution in [2.24, 2.45) is 5.92 Å². The van der Waals surface area contributed by atoms with Crippen molar-refractivity contribution in [2.45, 2.75) is 18.9 Å². The summed E-state index contributed by atoms with van der Waals surface area (Å²) >= 11 is 1.23. The third kappa shape index (κ3) is 3.50. The maximum Gasteiger partial charge on any atom is 0.355 e. The first-order valence-electron chi connectivity index (χ1n) is 7.18. The van der Waals surface area contributed by atoms with Crippen LogP contribution in [0.15, 0.2) is 29.6 Å². The predicted molar refractivity (Wildman–Crippen MR) is 84.8 cm³/mol. The molecule has 2 aromatic rings. The molecule has 7 heteroatoms. The van der Waals surface area contributed by atoms with E-state index in [1.165, 1.54) is 16.7 Å². The van der Waals surface area contributed by atoms with Crippen LogP contribution in [0, 0.1) is 5.92 Å². The van der Waals surface area contributed by atoms with Crippen molar-refractivity contribution in [3.8, 4) is 5.75 Å². The zero-order valence-electron chi connectivity index (χ0n) is 12.5. The van der Waals surface area contributed by atoms with Crippen LogP contribution < -0.4 is 10.1 Å². The number of hydrogen-bond acceptors (Lipinski definition) is 5. The van der Waals surface area contributed by atoms with Crippen LogP contribution in [0.3, 0.4) is 0 Å². The van der Waals surface area contributed by atoms with Gasteiger partial charge >= 0.3 is 5.97 Å². The molecule has 0 bridgehead atoms. The third-order valence-electron chi connectivity index (χ3n) is 3.83. The fourth-order valence-electron chi connectivity index (χ4n) is 2.51. The van der Waals surface area contributed by atoms with E-state index in [0.717, 1.165) is 17.7 Å². The van der Waals surface area contributed by atoms with Crippen LogP contribution in [-0.4, -0.2) is 29.1 Å². The number of amides is 1. The molecule has 23 heavy (non-hydrogen) atoms. The molecule has 0 aliphatic heterocycles. The molecule has 2 atom stereocenters. The quantitative estimate of drug-likeness (QED) is 0.847. The number of rotatable bonds is 6. The van der Waals surface area contributed by atoms with Crippen molar-refractivity contribution < 1.29 is 19.4 Å². The van der Waals surface area contributed by atoms with Crippen LogP contribution in [0.4, 0.5) is 0 Å². The summed E-state index contributed by atoms with van der Waals surface area (Å²) in [4.78, 5) is 26.9. The van der Waals surface area contributed by atoms with Gasteiger partial charge in [0.05, 0.1) is 13.7 Å². The molecule has 0 saturated heterocycles. The number of benzene rings is 1. The zero-order valence-corrected chi connectivity index (χ0v) is 13.3. The lowest BCUT2D eigenvalue weighted by atomic mass is 10.1. The number of carboxylic acids is 1. The van der Waals surface area contributed by atoms with Gasteiger partial charge in [0.1, 0.15) is 10.8 Å². The number of ether oxygens (including phenoxy) is 1. The topological polar surface area (TPSA) is 88.5 Å². The molecule has 1 aromatic carbocycles. The molecular weight excluding hydrogens is 316 g/mol. The van der Waals surface area contributed by atoms with Gasteiger partial charge in [-0.25, -0.2) is 9.78 Å². The van der Waals surface area contributed by atoms with Gasteiger partial charge in [0.15, 0.2) is 5.69 Å². The Morgan fingerprint density at radius 1 is 1.48 bits per heavy atom. The van der Waals surface area contributed by atoms with E-state index >= 15 is 0 Å². The molecule has 1 amide bonds. The highest BCUT2D eigenvalue weighted by atomic mass is 32.1. The van der Waals surface area contributed by atoms with Crippen LogP contribution in [0.2, 0.25) is 0 Å². The molecule has 0 radical (unpaired) electrons. The Labute approximate surface area is 137 Å². The fraction of sp³-hybridized carbons (Fsp3) is 0.312. The van der Waals surface area contributed by atoms with E-state index in [4.69, 9.17) is 9.84 Å². The van der Waals surface area contributed by atoms with Crippen molar-refractivity contribution >= 4 is 23.2 Å². The zero-order chi connectivity index (χ0) is 16.4. The summed E-state index contributed by atoms with van der Waals surface area (Å²) in [5.74, 6) is -0.112. The minimum Gasteiger partial charge on any atom is -0.497 e. The first-order chi connectivity index (χ1) is 11.1. The highest BCUT2D eigenvalue weighted by Crippen LogP contribution is 2.48. The highest BCUT2D eigenvalue weighted by molar-refractivity contribution is 7.09. The second-order valence-electron chi connectivity index (χ2n) is 5.37. The van der Waals surface area contributed by atoms with Crippen LogP contribution in [0.5, 0.6) is 5.75 Å². The Morgan fingerprint density at radius 3 is 3.00 bits per heavy atom. The van der Waals surface area contributed by atoms with Crippen molar-refractivity contribution in [3.63, 3.8) is 0 Å². The molecule has 1 heterocycles. The van der Waals surface area contributed by atoms with Crippen molar-refractivity contribution in [2.75, 3.05) is 7.11 Å². The minimum atomic E-state index is -1.06. The van der Waals surface area contributed by atoms with Crippen LogP contribution in [0.1, 0.15) is 33.4 Å². The third-order valence-corrected chi connectivity index (χ3v) is 4.68. The summed E-state index contributed by atoms with van der Waals surface area (Å²) in [6, 6.07) is 7.76. The molecule has 3 rings (SSSR count). The number of nitrogens with one attached hydrogen (secondary N) is 1. The van der Waals surface area contributed by atoms with Crippen molar-refractivity contribution in [1.82, 2.24) is 10.3 Å². The molecule has 1 aliphatic rings. The monoisotopic (exact) mass is 332 g/mol. The molecule has 0 spiro atoms. The molecular formula is C16H16N2O4S. The van der Waals surface area contributed by atoms with Gasteiger partial charge in [-0.15, -0.1) is 11.3 Å². The number of hydrogen-bond donors (Lipinski definition) is 2. The SMILES string of the molecule is COc1cccc(C2CC2C(=O)NCc2nc(C(=O)O)cs2)c1. The maximum absolute atomic E-state index is 12.2. The van der Waals surface area contributed by atoms with Crippen molar-refractivity contribution in [1.29, 1.82) is 0 Å². The Morgan fingerprint density at radius 2 is 2.30 bits per heavy atom. The molecule has 1 aliphatic carbocycles. The van der Waals surface area contributed by atoms with E-state index in [1.54, 1.807) is 7.11 Å². The first kappa shape index (κ1) is 15.5. The molecule has 1 fully saturated rings. The van der Waals surface area contributed by atoms with Crippen LogP contribution in [0.25, 0.3) is 0 Å². The summed E-state index contributed by atoms with van der Waals surface area (Å²) in [7, 11) is 1.62. The van der Waals surface area contributed by atoms with Gasteiger partial charge < -0.3 is 15.2 Å². The number of methoxy groups -OCH3 is 1. The van der Waals surface area contributed by atoms with Gasteiger partial charge in [0, 0.05) is 11.3 Å². The average Bonchev–Trinajstić information content (AvgIpc) is 3.22. The molecule has 6 nitrogen and oxygen atoms in total. The van der Waals surface area contributed by atoms with E-state index in [2.05, 4.69) is 10.3 Å². The number of thiazole rings is 1. The van der Waals surface area contributed by atoms with E-state index in [1.807, 2.05) is 24.3 Å². The lowest BCUT2D eigenvalue weighted by Crippen LogP contribution is -2.24. The summed E-state index contributed by atoms with van der Waals surface area (Å²) < 4.78 is 5.20. The number of carbonyl (C=O) groups excluding carboxylic acids is 1. The number of aromatic carboxylic acids is 1. The van der Waals surface area contributed by atoms with Gasteiger partial charge in [-0.2, -0.15) is 0 Å². The molecule has 120 valence electrons. The van der Waals surface area contributed by atoms with E-state index in [0.29, 0.717) is 5.01 Å². The number of nitrogens with zero attached hydrogens (tertiary/aromatic N) is 1. The largest absolute Gasteiger partial charge is 0.497 e. The summed E-state index contributed by atoms with van der Waals surface area (Å²) in [6.45, 7) is 0.262. The minimum absolute atomic E-state index is 0.0138. The van der Waals surface area contributed by atoms with E-state index in [9.17, 15) is 9.59 Å². The van der Waals surface area contributed by atoms with Crippen LogP contribution in [-0.2, 0) is 11.3 Å². The first-order valence-corrected chi connectivity index (χ1v) is 8.06. The van der Waals surface area contributed by atoms with E-state index in [-0.39, 0.29) is 30.0 Å². The molecule has 1 saturated carbocycles. The molecule has 2 N–H and O–H groups in total. The van der Waals surface area contributed by atoms with Gasteiger partial charge in [-0.1, -0.05) is 12.1 Å². The Hall–Kier alpha value is -2.41. The summed E-state index contributed by atoms with van der Waals surface area (Å²) in [5, 5.41) is 13.7. The standard InChI is InChI=1S/C16H16N2O4S/c1-22-10-4-2-3-9(5-10)11-6-12(11)15(19)17-7-14-18-13(8-23-14)16(20)21/h2-5,8,11-12H,6-7H2,1H3,(H,17,19)(H,20,21). The highest BCUT2D eigenvalue weighted by Gasteiger charge is 2.43. The van der Waals surface area contributed by atoms with Crippen LogP contribution >= 0.6 is 11.3 Å². The Balaban J connectivity index is 1.54. The number of carboxylic acid groups (broad SMARTS) is 1. The van der Waals surface area contributed by atoms with Crippen molar-refractivity contribution in [3.05, 3.63) is 45.9 Å². The lowest BCUT2D eigenvalue weighted by molar-refractivity contribution is -0.122. The van der Waals surface area contributed by atoms with E-state index < -0.39 is 5.97 Å². The summed E-state index contributed by atoms with van der Waals surface area (Å²) in [6.07, 6.45) is 0.817. The Bertz CT molecular complexity index is 743. The van der Waals surface area contributed by atoms with Gasteiger partial charge in [0.25, 0.3) is 0 Å². The predicted octanol–water partition coefficient (Wildman–Crippen LogP) is 2.27. The number of carbonyl (C=O) groups is 2. The van der Waals surface area contributed by atoms with Gasteiger partial charge in [0.2, 0.25) is 5.91 Å². The second-order valence-corrected chi connectivity index (χ2v) is 6.32.